The lowest BCUT2D eigenvalue weighted by Gasteiger charge is -2.27. The van der Waals surface area contributed by atoms with Gasteiger partial charge in [0.15, 0.2) is 5.58 Å². The van der Waals surface area contributed by atoms with E-state index >= 15 is 0 Å². The molecule has 0 radical (unpaired) electrons. The number of furan rings is 2. The Morgan fingerprint density at radius 3 is 1.82 bits per heavy atom. The van der Waals surface area contributed by atoms with Crippen molar-refractivity contribution < 1.29 is 13.3 Å². The summed E-state index contributed by atoms with van der Waals surface area (Å²) in [7, 11) is 0. The molecule has 13 aromatic rings. The van der Waals surface area contributed by atoms with Gasteiger partial charge in [0.2, 0.25) is 5.89 Å². The van der Waals surface area contributed by atoms with Crippen molar-refractivity contribution in [1.29, 1.82) is 0 Å². The summed E-state index contributed by atoms with van der Waals surface area (Å²) in [5.41, 5.74) is 11.5. The molecule has 0 spiro atoms. The lowest BCUT2D eigenvalue weighted by molar-refractivity contribution is 0.620. The summed E-state index contributed by atoms with van der Waals surface area (Å²) in [6.45, 7) is 0. The van der Waals surface area contributed by atoms with E-state index in [1.807, 2.05) is 30.3 Å². The van der Waals surface area contributed by atoms with Gasteiger partial charge in [0.1, 0.15) is 27.8 Å². The highest BCUT2D eigenvalue weighted by atomic mass is 16.3. The van der Waals surface area contributed by atoms with Gasteiger partial charge in [-0.1, -0.05) is 115 Å². The molecule has 0 bridgehead atoms. The second kappa shape index (κ2) is 12.7. The number of anilines is 3. The van der Waals surface area contributed by atoms with Crippen LogP contribution < -0.4 is 4.90 Å². The van der Waals surface area contributed by atoms with Gasteiger partial charge in [0, 0.05) is 38.2 Å². The number of fused-ring (bicyclic) bond motifs is 11. The van der Waals surface area contributed by atoms with E-state index in [1.54, 1.807) is 0 Å². The molecule has 0 aliphatic carbocycles. The predicted molar refractivity (Wildman–Crippen MR) is 247 cm³/mol. The van der Waals surface area contributed by atoms with E-state index < -0.39 is 0 Å². The Hall–Kier alpha value is -8.15. The van der Waals surface area contributed by atoms with Crippen LogP contribution in [0.4, 0.5) is 17.1 Å². The smallest absolute Gasteiger partial charge is 0.227 e. The normalized spacial score (nSPS) is 12.0. The third-order valence-corrected chi connectivity index (χ3v) is 12.0. The van der Waals surface area contributed by atoms with Crippen molar-refractivity contribution in [2.45, 2.75) is 0 Å². The molecule has 60 heavy (non-hydrogen) atoms. The molecule has 5 heteroatoms. The average Bonchev–Trinajstić information content (AvgIpc) is 4.03. The van der Waals surface area contributed by atoms with E-state index in [2.05, 4.69) is 169 Å². The molecule has 0 N–H and O–H groups in total. The molecular formula is C55H32N2O3. The third-order valence-electron chi connectivity index (χ3n) is 12.0. The van der Waals surface area contributed by atoms with E-state index in [4.69, 9.17) is 18.2 Å². The molecule has 0 fully saturated rings. The molecule has 0 aliphatic heterocycles. The minimum atomic E-state index is 0.627. The first kappa shape index (κ1) is 32.9. The van der Waals surface area contributed by atoms with Crippen molar-refractivity contribution in [2.75, 3.05) is 4.90 Å². The second-order valence-corrected chi connectivity index (χ2v) is 15.5. The molecule has 0 saturated carbocycles. The Bertz CT molecular complexity index is 3870. The Labute approximate surface area is 342 Å². The van der Waals surface area contributed by atoms with Crippen molar-refractivity contribution in [1.82, 2.24) is 4.98 Å². The number of benzene rings is 10. The number of hydrogen-bond acceptors (Lipinski definition) is 5. The first-order chi connectivity index (χ1) is 29.7. The summed E-state index contributed by atoms with van der Waals surface area (Å²) in [5, 5.41) is 11.1. The quantitative estimate of drug-likeness (QED) is 0.175. The third kappa shape index (κ3) is 5.03. The molecular weight excluding hydrogens is 737 g/mol. The standard InChI is InChI=1S/C55H32N2O3/c1-2-10-34-31-39(20-19-33(34)9-1)55-56-54-42-26-22-36(30-38(42)23-27-52(54)60-55)35-21-25-41-37(29-35)11-7-14-46(41)57(40-24-28-50-45(32-40)43-12-3-5-16-48(43)58-50)47-15-8-18-51-53(47)44-13-4-6-17-49(44)59-51/h1-32H. The maximum atomic E-state index is 6.42. The van der Waals surface area contributed by atoms with E-state index in [1.165, 1.54) is 5.39 Å². The van der Waals surface area contributed by atoms with Crippen molar-refractivity contribution in [3.05, 3.63) is 194 Å². The zero-order valence-electron chi connectivity index (χ0n) is 32.1. The van der Waals surface area contributed by atoms with Crippen molar-refractivity contribution in [3.63, 3.8) is 0 Å². The highest BCUT2D eigenvalue weighted by Crippen LogP contribution is 2.46. The van der Waals surface area contributed by atoms with E-state index in [0.717, 1.165) is 116 Å². The van der Waals surface area contributed by atoms with Gasteiger partial charge in [-0.3, -0.25) is 0 Å². The largest absolute Gasteiger partial charge is 0.456 e. The summed E-state index contributed by atoms with van der Waals surface area (Å²) < 4.78 is 19.0. The Morgan fingerprint density at radius 1 is 0.333 bits per heavy atom. The molecule has 0 unspecified atom stereocenters. The molecule has 5 nitrogen and oxygen atoms in total. The van der Waals surface area contributed by atoms with Crippen molar-refractivity contribution in [2.24, 2.45) is 0 Å². The van der Waals surface area contributed by atoms with Gasteiger partial charge in [-0.15, -0.1) is 0 Å². The van der Waals surface area contributed by atoms with Crippen molar-refractivity contribution in [3.8, 4) is 22.6 Å². The summed E-state index contributed by atoms with van der Waals surface area (Å²) >= 11 is 0. The number of nitrogens with zero attached hydrogens (tertiary/aromatic N) is 2. The lowest BCUT2D eigenvalue weighted by atomic mass is 9.97. The molecule has 0 saturated heterocycles. The second-order valence-electron chi connectivity index (χ2n) is 15.5. The van der Waals surface area contributed by atoms with Crippen LogP contribution in [0, 0.1) is 0 Å². The van der Waals surface area contributed by atoms with Crippen LogP contribution in [-0.4, -0.2) is 4.98 Å². The zero-order valence-corrected chi connectivity index (χ0v) is 32.1. The fraction of sp³-hybridized carbons (Fsp3) is 0. The molecule has 10 aromatic carbocycles. The zero-order chi connectivity index (χ0) is 39.3. The minimum absolute atomic E-state index is 0.627. The fourth-order valence-corrected chi connectivity index (χ4v) is 9.19. The lowest BCUT2D eigenvalue weighted by Crippen LogP contribution is -2.10. The minimum Gasteiger partial charge on any atom is -0.456 e. The maximum Gasteiger partial charge on any atom is 0.227 e. The van der Waals surface area contributed by atoms with Crippen LogP contribution in [0.5, 0.6) is 0 Å². The molecule has 3 aromatic heterocycles. The van der Waals surface area contributed by atoms with Crippen LogP contribution in [0.25, 0.3) is 110 Å². The van der Waals surface area contributed by atoms with E-state index in [-0.39, 0.29) is 0 Å². The van der Waals surface area contributed by atoms with Crippen LogP contribution in [0.3, 0.4) is 0 Å². The number of para-hydroxylation sites is 2. The first-order valence-electron chi connectivity index (χ1n) is 20.2. The summed E-state index contributed by atoms with van der Waals surface area (Å²) in [5.74, 6) is 0.627. The van der Waals surface area contributed by atoms with Gasteiger partial charge in [0.25, 0.3) is 0 Å². The van der Waals surface area contributed by atoms with Crippen LogP contribution in [0.1, 0.15) is 0 Å². The molecule has 3 heterocycles. The summed E-state index contributed by atoms with van der Waals surface area (Å²) in [6, 6.07) is 68.2. The fourth-order valence-electron chi connectivity index (χ4n) is 9.19. The van der Waals surface area contributed by atoms with Gasteiger partial charge < -0.3 is 18.2 Å². The number of hydrogen-bond donors (Lipinski definition) is 0. The van der Waals surface area contributed by atoms with Crippen LogP contribution in [0.2, 0.25) is 0 Å². The topological polar surface area (TPSA) is 55.6 Å². The van der Waals surface area contributed by atoms with E-state index in [9.17, 15) is 0 Å². The Kier molecular flexibility index (Phi) is 6.95. The van der Waals surface area contributed by atoms with E-state index in [0.29, 0.717) is 5.89 Å². The summed E-state index contributed by atoms with van der Waals surface area (Å²) in [4.78, 5) is 7.39. The molecule has 13 rings (SSSR count). The average molecular weight is 769 g/mol. The van der Waals surface area contributed by atoms with Gasteiger partial charge in [-0.25, -0.2) is 4.98 Å². The number of oxazole rings is 1. The van der Waals surface area contributed by atoms with Gasteiger partial charge in [-0.05, 0) is 112 Å². The molecule has 280 valence electrons. The number of rotatable bonds is 5. The van der Waals surface area contributed by atoms with Crippen molar-refractivity contribution >= 4 is 104 Å². The molecule has 0 aliphatic rings. The first-order valence-corrected chi connectivity index (χ1v) is 20.2. The van der Waals surface area contributed by atoms with Gasteiger partial charge in [-0.2, -0.15) is 0 Å². The molecule has 0 atom stereocenters. The predicted octanol–water partition coefficient (Wildman–Crippen LogP) is 15.9. The Balaban J connectivity index is 0.944. The van der Waals surface area contributed by atoms with Crippen LogP contribution in [-0.2, 0) is 0 Å². The Morgan fingerprint density at radius 2 is 0.933 bits per heavy atom. The van der Waals surface area contributed by atoms with Gasteiger partial charge in [0.05, 0.1) is 16.8 Å². The summed E-state index contributed by atoms with van der Waals surface area (Å²) in [6.07, 6.45) is 0. The van der Waals surface area contributed by atoms with Crippen LogP contribution in [0.15, 0.2) is 207 Å². The van der Waals surface area contributed by atoms with Gasteiger partial charge >= 0.3 is 0 Å². The molecule has 0 amide bonds. The highest BCUT2D eigenvalue weighted by molar-refractivity contribution is 6.16. The maximum absolute atomic E-state index is 6.42. The monoisotopic (exact) mass is 768 g/mol. The van der Waals surface area contributed by atoms with Crippen LogP contribution >= 0.6 is 0 Å². The highest BCUT2D eigenvalue weighted by Gasteiger charge is 2.22. The SMILES string of the molecule is c1ccc2cc(-c3nc4c(ccc5cc(-c6ccc7c(N(c8ccc9oc%10ccccc%10c9c8)c8cccc9oc%10ccccc%10c89)cccc7c6)ccc54)o3)ccc2c1. The number of aromatic nitrogens is 1.